The quantitative estimate of drug-likeness (QED) is 0.853. The molecular formula is C17H18ClNO3S2. The molecule has 1 aliphatic rings. The smallest absolute Gasteiger partial charge is 0.242 e. The molecule has 0 aliphatic heterocycles. The van der Waals surface area contributed by atoms with Crippen molar-refractivity contribution in [2.75, 3.05) is 0 Å². The van der Waals surface area contributed by atoms with E-state index in [4.69, 9.17) is 11.6 Å². The highest BCUT2D eigenvalue weighted by atomic mass is 35.5. The molecule has 1 N–H and O–H groups in total. The Bertz CT molecular complexity index is 808. The molecule has 0 bridgehead atoms. The molecule has 1 aromatic carbocycles. The Balaban J connectivity index is 1.89. The number of nitrogens with one attached hydrogen (secondary N) is 1. The van der Waals surface area contributed by atoms with Crippen molar-refractivity contribution >= 4 is 38.7 Å². The normalized spacial score (nSPS) is 16.9. The number of benzene rings is 1. The first-order valence-corrected chi connectivity index (χ1v) is 10.6. The van der Waals surface area contributed by atoms with Gasteiger partial charge in [-0.1, -0.05) is 24.4 Å². The molecule has 1 amide bonds. The lowest BCUT2D eigenvalue weighted by Crippen LogP contribution is -2.50. The summed E-state index contributed by atoms with van der Waals surface area (Å²) in [5, 5.41) is 7.15. The van der Waals surface area contributed by atoms with Gasteiger partial charge in [0, 0.05) is 11.6 Å². The maximum atomic E-state index is 13.2. The van der Waals surface area contributed by atoms with E-state index in [0.29, 0.717) is 24.4 Å². The van der Waals surface area contributed by atoms with Crippen molar-refractivity contribution in [2.24, 2.45) is 0 Å². The van der Waals surface area contributed by atoms with Crippen molar-refractivity contribution in [1.29, 1.82) is 0 Å². The van der Waals surface area contributed by atoms with Crippen molar-refractivity contribution in [3.63, 3.8) is 0 Å². The fourth-order valence-electron chi connectivity index (χ4n) is 3.14. The molecule has 0 unspecified atom stereocenters. The number of amides is 1. The third-order valence-corrected chi connectivity index (χ3v) is 8.00. The van der Waals surface area contributed by atoms with Gasteiger partial charge in [0.05, 0.1) is 4.90 Å². The number of hydrogen-bond donors (Lipinski definition) is 1. The van der Waals surface area contributed by atoms with E-state index in [0.717, 1.165) is 18.4 Å². The molecule has 0 saturated heterocycles. The van der Waals surface area contributed by atoms with E-state index in [1.54, 1.807) is 23.5 Å². The van der Waals surface area contributed by atoms with Gasteiger partial charge in [-0.15, -0.1) is 0 Å². The van der Waals surface area contributed by atoms with Gasteiger partial charge in [-0.25, -0.2) is 8.42 Å². The summed E-state index contributed by atoms with van der Waals surface area (Å²) in [6.07, 6.45) is 2.18. The summed E-state index contributed by atoms with van der Waals surface area (Å²) in [6, 6.07) is 7.95. The van der Waals surface area contributed by atoms with Crippen LogP contribution in [0.4, 0.5) is 0 Å². The van der Waals surface area contributed by atoms with Gasteiger partial charge in [0.15, 0.2) is 14.6 Å². The van der Waals surface area contributed by atoms with Gasteiger partial charge in [0.25, 0.3) is 0 Å². The fraction of sp³-hybridized carbons (Fsp3) is 0.353. The Morgan fingerprint density at radius 3 is 2.42 bits per heavy atom. The van der Waals surface area contributed by atoms with E-state index < -0.39 is 20.5 Å². The van der Waals surface area contributed by atoms with E-state index in [2.05, 4.69) is 5.32 Å². The minimum atomic E-state index is -3.78. The Morgan fingerprint density at radius 2 is 1.83 bits per heavy atom. The zero-order valence-corrected chi connectivity index (χ0v) is 15.4. The van der Waals surface area contributed by atoms with Crippen LogP contribution in [-0.4, -0.2) is 19.1 Å². The van der Waals surface area contributed by atoms with Crippen LogP contribution in [0, 0.1) is 0 Å². The molecule has 0 atom stereocenters. The molecule has 4 nitrogen and oxygen atoms in total. The molecule has 1 aromatic heterocycles. The lowest BCUT2D eigenvalue weighted by atomic mass is 10.1. The number of rotatable bonds is 5. The molecule has 128 valence electrons. The minimum absolute atomic E-state index is 0.152. The molecule has 3 rings (SSSR count). The monoisotopic (exact) mass is 383 g/mol. The first kappa shape index (κ1) is 17.5. The van der Waals surface area contributed by atoms with E-state index in [-0.39, 0.29) is 4.90 Å². The third kappa shape index (κ3) is 3.10. The van der Waals surface area contributed by atoms with E-state index in [1.807, 2.05) is 16.8 Å². The van der Waals surface area contributed by atoms with Gasteiger partial charge in [-0.2, -0.15) is 11.3 Å². The topological polar surface area (TPSA) is 63.2 Å². The number of thiophene rings is 1. The first-order valence-electron chi connectivity index (χ1n) is 7.75. The van der Waals surface area contributed by atoms with Crippen molar-refractivity contribution in [1.82, 2.24) is 5.32 Å². The number of halogens is 1. The van der Waals surface area contributed by atoms with Gasteiger partial charge in [0.2, 0.25) is 5.91 Å². The minimum Gasteiger partial charge on any atom is -0.351 e. The highest BCUT2D eigenvalue weighted by molar-refractivity contribution is 7.93. The maximum absolute atomic E-state index is 13.2. The van der Waals surface area contributed by atoms with Crippen LogP contribution >= 0.6 is 22.9 Å². The van der Waals surface area contributed by atoms with Crippen molar-refractivity contribution in [3.8, 4) is 0 Å². The Labute approximate surface area is 150 Å². The van der Waals surface area contributed by atoms with Crippen LogP contribution in [0.5, 0.6) is 0 Å². The average Bonchev–Trinajstić information content (AvgIpc) is 3.25. The number of carbonyl (C=O) groups excluding carboxylic acids is 1. The molecule has 1 fully saturated rings. The van der Waals surface area contributed by atoms with Crippen LogP contribution in [0.25, 0.3) is 0 Å². The van der Waals surface area contributed by atoms with Gasteiger partial charge in [0.1, 0.15) is 0 Å². The van der Waals surface area contributed by atoms with Crippen LogP contribution in [0.3, 0.4) is 0 Å². The first-order chi connectivity index (χ1) is 11.5. The molecule has 1 heterocycles. The summed E-state index contributed by atoms with van der Waals surface area (Å²) < 4.78 is 25.0. The van der Waals surface area contributed by atoms with E-state index >= 15 is 0 Å². The van der Waals surface area contributed by atoms with Crippen molar-refractivity contribution in [2.45, 2.75) is 41.9 Å². The SMILES string of the molecule is O=C(NCc1ccsc1)C1(S(=O)(=O)c2ccc(Cl)cc2)CCCC1. The Hall–Kier alpha value is -1.37. The molecule has 1 aliphatic carbocycles. The molecular weight excluding hydrogens is 366 g/mol. The van der Waals surface area contributed by atoms with Crippen LogP contribution in [-0.2, 0) is 21.2 Å². The summed E-state index contributed by atoms with van der Waals surface area (Å²) in [5.74, 6) is -0.402. The number of hydrogen-bond acceptors (Lipinski definition) is 4. The Morgan fingerprint density at radius 1 is 1.17 bits per heavy atom. The van der Waals surface area contributed by atoms with Crippen LogP contribution < -0.4 is 5.32 Å². The summed E-state index contributed by atoms with van der Waals surface area (Å²) >= 11 is 7.40. The fourth-order valence-corrected chi connectivity index (χ4v) is 6.02. The Kier molecular flexibility index (Phi) is 4.99. The van der Waals surface area contributed by atoms with Crippen LogP contribution in [0.1, 0.15) is 31.2 Å². The van der Waals surface area contributed by atoms with Gasteiger partial charge in [-0.05, 0) is 59.5 Å². The second-order valence-electron chi connectivity index (χ2n) is 5.97. The summed E-state index contributed by atoms with van der Waals surface area (Å²) in [6.45, 7) is 0.347. The predicted molar refractivity (Wildman–Crippen MR) is 96.0 cm³/mol. The van der Waals surface area contributed by atoms with E-state index in [9.17, 15) is 13.2 Å². The van der Waals surface area contributed by atoms with E-state index in [1.165, 1.54) is 12.1 Å². The summed E-state index contributed by atoms with van der Waals surface area (Å²) in [7, 11) is -3.78. The van der Waals surface area contributed by atoms with Gasteiger partial charge < -0.3 is 5.32 Å². The lowest BCUT2D eigenvalue weighted by Gasteiger charge is -2.27. The predicted octanol–water partition coefficient (Wildman–Crippen LogP) is 3.80. The highest BCUT2D eigenvalue weighted by Crippen LogP contribution is 2.41. The van der Waals surface area contributed by atoms with Crippen LogP contribution in [0.15, 0.2) is 46.0 Å². The van der Waals surface area contributed by atoms with Gasteiger partial charge >= 0.3 is 0 Å². The highest BCUT2D eigenvalue weighted by Gasteiger charge is 2.52. The lowest BCUT2D eigenvalue weighted by molar-refractivity contribution is -0.123. The molecule has 0 spiro atoms. The third-order valence-electron chi connectivity index (χ3n) is 4.50. The number of carbonyl (C=O) groups is 1. The second-order valence-corrected chi connectivity index (χ2v) is 9.45. The average molecular weight is 384 g/mol. The largest absolute Gasteiger partial charge is 0.351 e. The molecule has 1 saturated carbocycles. The molecule has 2 aromatic rings. The van der Waals surface area contributed by atoms with Gasteiger partial charge in [-0.3, -0.25) is 4.79 Å². The molecule has 0 radical (unpaired) electrons. The molecule has 7 heteroatoms. The maximum Gasteiger partial charge on any atom is 0.242 e. The zero-order valence-electron chi connectivity index (χ0n) is 13.0. The summed E-state index contributed by atoms with van der Waals surface area (Å²) in [4.78, 5) is 13.0. The van der Waals surface area contributed by atoms with Crippen LogP contribution in [0.2, 0.25) is 5.02 Å². The van der Waals surface area contributed by atoms with Crippen molar-refractivity contribution < 1.29 is 13.2 Å². The number of sulfone groups is 1. The van der Waals surface area contributed by atoms with Crippen molar-refractivity contribution in [3.05, 3.63) is 51.7 Å². The second kappa shape index (κ2) is 6.86. The zero-order chi connectivity index (χ0) is 17.2. The summed E-state index contributed by atoms with van der Waals surface area (Å²) in [5.41, 5.74) is 0.977. The standard InChI is InChI=1S/C17H18ClNO3S2/c18-14-3-5-15(6-4-14)24(21,22)17(8-1-2-9-17)16(20)19-11-13-7-10-23-12-13/h3-7,10,12H,1-2,8-9,11H2,(H,19,20). The molecule has 24 heavy (non-hydrogen) atoms.